The zero-order valence-electron chi connectivity index (χ0n) is 10.9. The van der Waals surface area contributed by atoms with Crippen LogP contribution >= 0.6 is 0 Å². The number of ether oxygens (including phenoxy) is 1. The van der Waals surface area contributed by atoms with Gasteiger partial charge in [-0.2, -0.15) is 0 Å². The number of hydrogen-bond acceptors (Lipinski definition) is 2. The maximum atomic E-state index is 13.7. The Kier molecular flexibility index (Phi) is 6.87. The lowest BCUT2D eigenvalue weighted by atomic mass is 10.0. The van der Waals surface area contributed by atoms with Gasteiger partial charge in [0.2, 0.25) is 0 Å². The molecule has 0 spiro atoms. The third-order valence-corrected chi connectivity index (χ3v) is 2.69. The van der Waals surface area contributed by atoms with Crippen molar-refractivity contribution in [3.8, 4) is 0 Å². The van der Waals surface area contributed by atoms with E-state index < -0.39 is 36.5 Å². The molecule has 0 fully saturated rings. The molecule has 0 aliphatic carbocycles. The van der Waals surface area contributed by atoms with Crippen LogP contribution in [0.2, 0.25) is 0 Å². The molecule has 1 rings (SSSR count). The summed E-state index contributed by atoms with van der Waals surface area (Å²) in [7, 11) is 0. The molecule has 1 aromatic rings. The molecular formula is C13H16F5NO. The number of rotatable bonds is 8. The van der Waals surface area contributed by atoms with Crippen LogP contribution in [0, 0.1) is 17.5 Å². The molecule has 0 amide bonds. The summed E-state index contributed by atoms with van der Waals surface area (Å²) in [5.74, 6) is -4.08. The van der Waals surface area contributed by atoms with Crippen molar-refractivity contribution in [2.24, 2.45) is 0 Å². The zero-order valence-corrected chi connectivity index (χ0v) is 10.9. The molecule has 114 valence electrons. The van der Waals surface area contributed by atoms with Gasteiger partial charge in [-0.15, -0.1) is 0 Å². The SMILES string of the molecule is CCNC(CCOCC(F)F)c1ccc(F)c(F)c1F. The van der Waals surface area contributed by atoms with Crippen LogP contribution in [0.3, 0.4) is 0 Å². The van der Waals surface area contributed by atoms with Crippen molar-refractivity contribution in [2.45, 2.75) is 25.8 Å². The molecule has 1 aromatic carbocycles. The van der Waals surface area contributed by atoms with E-state index in [2.05, 4.69) is 5.32 Å². The van der Waals surface area contributed by atoms with E-state index in [0.29, 0.717) is 6.54 Å². The molecule has 1 N–H and O–H groups in total. The second-order valence-corrected chi connectivity index (χ2v) is 4.13. The summed E-state index contributed by atoms with van der Waals surface area (Å²) in [6, 6.07) is 1.33. The number of hydrogen-bond donors (Lipinski definition) is 1. The molecule has 0 aromatic heterocycles. The maximum Gasteiger partial charge on any atom is 0.261 e. The van der Waals surface area contributed by atoms with Gasteiger partial charge in [0.05, 0.1) is 0 Å². The Morgan fingerprint density at radius 3 is 2.45 bits per heavy atom. The largest absolute Gasteiger partial charge is 0.375 e. The molecular weight excluding hydrogens is 281 g/mol. The standard InChI is InChI=1S/C13H16F5NO/c1-2-19-10(5-6-20-7-11(15)16)8-3-4-9(14)13(18)12(8)17/h3-4,10-11,19H,2,5-7H2,1H3. The van der Waals surface area contributed by atoms with Crippen LogP contribution in [0.25, 0.3) is 0 Å². The number of halogens is 5. The molecule has 20 heavy (non-hydrogen) atoms. The van der Waals surface area contributed by atoms with E-state index in [1.807, 2.05) is 0 Å². The minimum atomic E-state index is -2.58. The van der Waals surface area contributed by atoms with Crippen molar-refractivity contribution in [1.82, 2.24) is 5.32 Å². The summed E-state index contributed by atoms with van der Waals surface area (Å²) >= 11 is 0. The van der Waals surface area contributed by atoms with Crippen LogP contribution in [0.4, 0.5) is 22.0 Å². The van der Waals surface area contributed by atoms with Gasteiger partial charge in [0.1, 0.15) is 6.61 Å². The Morgan fingerprint density at radius 2 is 1.85 bits per heavy atom. The molecule has 0 aliphatic rings. The lowest BCUT2D eigenvalue weighted by molar-refractivity contribution is 0.0143. The van der Waals surface area contributed by atoms with Gasteiger partial charge in [-0.25, -0.2) is 22.0 Å². The Morgan fingerprint density at radius 1 is 1.15 bits per heavy atom. The first-order valence-corrected chi connectivity index (χ1v) is 6.20. The van der Waals surface area contributed by atoms with Crippen molar-refractivity contribution in [1.29, 1.82) is 0 Å². The number of alkyl halides is 2. The fraction of sp³-hybridized carbons (Fsp3) is 0.538. The first-order valence-electron chi connectivity index (χ1n) is 6.20. The minimum absolute atomic E-state index is 0.0412. The van der Waals surface area contributed by atoms with Crippen LogP contribution in [0.5, 0.6) is 0 Å². The topological polar surface area (TPSA) is 21.3 Å². The summed E-state index contributed by atoms with van der Waals surface area (Å²) in [6.45, 7) is 1.46. The van der Waals surface area contributed by atoms with Crippen LogP contribution in [-0.4, -0.2) is 26.2 Å². The Bertz CT molecular complexity index is 427. The van der Waals surface area contributed by atoms with Crippen LogP contribution in [-0.2, 0) is 4.74 Å². The highest BCUT2D eigenvalue weighted by atomic mass is 19.3. The van der Waals surface area contributed by atoms with Crippen LogP contribution in [0.15, 0.2) is 12.1 Å². The van der Waals surface area contributed by atoms with E-state index in [9.17, 15) is 22.0 Å². The first kappa shape index (κ1) is 16.8. The fourth-order valence-corrected chi connectivity index (χ4v) is 1.80. The quantitative estimate of drug-likeness (QED) is 0.451. The fourth-order valence-electron chi connectivity index (χ4n) is 1.80. The van der Waals surface area contributed by atoms with Crippen LogP contribution in [0.1, 0.15) is 24.9 Å². The Labute approximate surface area is 113 Å². The van der Waals surface area contributed by atoms with E-state index in [-0.39, 0.29) is 18.6 Å². The van der Waals surface area contributed by atoms with E-state index in [1.165, 1.54) is 0 Å². The summed E-state index contributed by atoms with van der Waals surface area (Å²) in [5.41, 5.74) is -0.0496. The summed E-state index contributed by atoms with van der Waals surface area (Å²) < 4.78 is 68.2. The third kappa shape index (κ3) is 4.72. The van der Waals surface area contributed by atoms with Crippen molar-refractivity contribution in [3.63, 3.8) is 0 Å². The second kappa shape index (κ2) is 8.16. The monoisotopic (exact) mass is 297 g/mol. The minimum Gasteiger partial charge on any atom is -0.375 e. The highest BCUT2D eigenvalue weighted by molar-refractivity contribution is 5.23. The van der Waals surface area contributed by atoms with E-state index in [1.54, 1.807) is 6.92 Å². The molecule has 0 radical (unpaired) electrons. The van der Waals surface area contributed by atoms with Gasteiger partial charge in [-0.1, -0.05) is 13.0 Å². The molecule has 0 heterocycles. The average Bonchev–Trinajstić information content (AvgIpc) is 2.40. The lowest BCUT2D eigenvalue weighted by Crippen LogP contribution is -2.24. The van der Waals surface area contributed by atoms with Gasteiger partial charge < -0.3 is 10.1 Å². The van der Waals surface area contributed by atoms with Crippen molar-refractivity contribution >= 4 is 0 Å². The number of benzene rings is 1. The zero-order chi connectivity index (χ0) is 15.1. The van der Waals surface area contributed by atoms with Crippen molar-refractivity contribution in [2.75, 3.05) is 19.8 Å². The first-order chi connectivity index (χ1) is 9.47. The van der Waals surface area contributed by atoms with Gasteiger partial charge in [0.25, 0.3) is 6.43 Å². The van der Waals surface area contributed by atoms with Gasteiger partial charge in [0, 0.05) is 18.2 Å². The second-order valence-electron chi connectivity index (χ2n) is 4.13. The summed E-state index contributed by atoms with van der Waals surface area (Å²) in [6.07, 6.45) is -2.41. The predicted octanol–water partition coefficient (Wildman–Crippen LogP) is 3.43. The van der Waals surface area contributed by atoms with E-state index in [4.69, 9.17) is 4.74 Å². The molecule has 0 saturated carbocycles. The molecule has 2 nitrogen and oxygen atoms in total. The van der Waals surface area contributed by atoms with Crippen molar-refractivity contribution in [3.05, 3.63) is 35.1 Å². The van der Waals surface area contributed by atoms with Gasteiger partial charge in [-0.3, -0.25) is 0 Å². The van der Waals surface area contributed by atoms with E-state index >= 15 is 0 Å². The molecule has 1 atom stereocenters. The average molecular weight is 297 g/mol. The van der Waals surface area contributed by atoms with Gasteiger partial charge >= 0.3 is 0 Å². The Balaban J connectivity index is 2.73. The third-order valence-electron chi connectivity index (χ3n) is 2.69. The highest BCUT2D eigenvalue weighted by Crippen LogP contribution is 2.23. The molecule has 7 heteroatoms. The summed E-state index contributed by atoms with van der Waals surface area (Å²) in [4.78, 5) is 0. The van der Waals surface area contributed by atoms with Gasteiger partial charge in [0.15, 0.2) is 17.5 Å². The number of nitrogens with one attached hydrogen (secondary N) is 1. The molecule has 0 aliphatic heterocycles. The van der Waals surface area contributed by atoms with Gasteiger partial charge in [-0.05, 0) is 19.0 Å². The Hall–Kier alpha value is -1.21. The summed E-state index contributed by atoms with van der Waals surface area (Å²) in [5, 5.41) is 2.88. The molecule has 0 bridgehead atoms. The predicted molar refractivity (Wildman–Crippen MR) is 64.2 cm³/mol. The van der Waals surface area contributed by atoms with E-state index in [0.717, 1.165) is 12.1 Å². The maximum absolute atomic E-state index is 13.7. The smallest absolute Gasteiger partial charge is 0.261 e. The highest BCUT2D eigenvalue weighted by Gasteiger charge is 2.20. The van der Waals surface area contributed by atoms with Crippen molar-refractivity contribution < 1.29 is 26.7 Å². The van der Waals surface area contributed by atoms with Crippen LogP contribution < -0.4 is 5.32 Å². The normalized spacial score (nSPS) is 12.9. The lowest BCUT2D eigenvalue weighted by Gasteiger charge is -2.19. The molecule has 1 unspecified atom stereocenters. The molecule has 0 saturated heterocycles.